The molecule has 1 saturated heterocycles. The van der Waals surface area contributed by atoms with Crippen LogP contribution in [0.3, 0.4) is 0 Å². The van der Waals surface area contributed by atoms with E-state index < -0.39 is 10.0 Å². The second-order valence-electron chi connectivity index (χ2n) is 4.75. The molecule has 7 heteroatoms. The molecule has 19 heavy (non-hydrogen) atoms. The van der Waals surface area contributed by atoms with E-state index in [-0.39, 0.29) is 0 Å². The molecule has 1 N–H and O–H groups in total. The fourth-order valence-electron chi connectivity index (χ4n) is 2.52. The molecule has 1 aliphatic heterocycles. The van der Waals surface area contributed by atoms with E-state index in [2.05, 4.69) is 32.5 Å². The zero-order valence-electron chi connectivity index (χ0n) is 11.1. The zero-order valence-corrected chi connectivity index (χ0v) is 14.4. The first-order valence-electron chi connectivity index (χ1n) is 6.43. The van der Waals surface area contributed by atoms with Gasteiger partial charge in [0.05, 0.1) is 8.68 Å². The van der Waals surface area contributed by atoms with Gasteiger partial charge < -0.3 is 0 Å². The molecule has 2 rings (SSSR count). The predicted octanol–water partition coefficient (Wildman–Crippen LogP) is 2.58. The van der Waals surface area contributed by atoms with Gasteiger partial charge in [0.25, 0.3) is 0 Å². The minimum absolute atomic E-state index is 0.335. The molecule has 108 valence electrons. The number of halogens is 1. The molecule has 1 aromatic heterocycles. The monoisotopic (exact) mass is 366 g/mol. The lowest BCUT2D eigenvalue weighted by molar-refractivity contribution is 0.268. The van der Waals surface area contributed by atoms with E-state index in [4.69, 9.17) is 0 Å². The minimum Gasteiger partial charge on any atom is -0.299 e. The summed E-state index contributed by atoms with van der Waals surface area (Å²) < 4.78 is 28.1. The summed E-state index contributed by atoms with van der Waals surface area (Å²) in [6, 6.07) is 2.01. The third kappa shape index (κ3) is 3.58. The summed E-state index contributed by atoms with van der Waals surface area (Å²) in [5.41, 5.74) is 0. The highest BCUT2D eigenvalue weighted by Crippen LogP contribution is 2.29. The van der Waals surface area contributed by atoms with Crippen molar-refractivity contribution in [2.45, 2.75) is 37.6 Å². The largest absolute Gasteiger partial charge is 0.299 e. The lowest BCUT2D eigenvalue weighted by Gasteiger charge is -2.22. The van der Waals surface area contributed by atoms with Gasteiger partial charge in [0.1, 0.15) is 0 Å². The summed E-state index contributed by atoms with van der Waals surface area (Å²) in [5, 5.41) is 0. The predicted molar refractivity (Wildman–Crippen MR) is 82.2 cm³/mol. The molecular weight excluding hydrogens is 348 g/mol. The Morgan fingerprint density at radius 2 is 2.32 bits per heavy atom. The summed E-state index contributed by atoms with van der Waals surface area (Å²) in [7, 11) is -3.39. The maximum Gasteiger partial charge on any atom is 0.241 e. The van der Waals surface area contributed by atoms with Crippen molar-refractivity contribution in [1.29, 1.82) is 0 Å². The summed E-state index contributed by atoms with van der Waals surface area (Å²) in [6.07, 6.45) is 2.23. The van der Waals surface area contributed by atoms with Gasteiger partial charge in [-0.15, -0.1) is 11.3 Å². The number of hydrogen-bond acceptors (Lipinski definition) is 4. The van der Waals surface area contributed by atoms with Crippen LogP contribution in [0.5, 0.6) is 0 Å². The molecule has 0 aromatic carbocycles. The van der Waals surface area contributed by atoms with Crippen LogP contribution in [0.2, 0.25) is 0 Å². The van der Waals surface area contributed by atoms with Crippen LogP contribution in [0.25, 0.3) is 0 Å². The maximum atomic E-state index is 12.3. The van der Waals surface area contributed by atoms with Crippen molar-refractivity contribution >= 4 is 37.3 Å². The van der Waals surface area contributed by atoms with E-state index in [1.165, 1.54) is 11.3 Å². The average Bonchev–Trinajstić information content (AvgIpc) is 2.93. The fourth-order valence-corrected chi connectivity index (χ4v) is 6.01. The molecule has 0 aliphatic carbocycles. The summed E-state index contributed by atoms with van der Waals surface area (Å²) >= 11 is 4.78. The maximum absolute atomic E-state index is 12.3. The smallest absolute Gasteiger partial charge is 0.241 e. The summed E-state index contributed by atoms with van der Waals surface area (Å²) in [5.74, 6) is 0. The van der Waals surface area contributed by atoms with E-state index >= 15 is 0 Å². The summed E-state index contributed by atoms with van der Waals surface area (Å²) in [4.78, 5) is 3.54. The molecule has 1 unspecified atom stereocenters. The number of aryl methyl sites for hydroxylation is 1. The number of hydrogen-bond donors (Lipinski definition) is 1. The number of sulfonamides is 1. The fraction of sp³-hybridized carbons (Fsp3) is 0.667. The van der Waals surface area contributed by atoms with Crippen molar-refractivity contribution in [3.63, 3.8) is 0 Å². The lowest BCUT2D eigenvalue weighted by Crippen LogP contribution is -2.40. The van der Waals surface area contributed by atoms with Crippen molar-refractivity contribution in [2.75, 3.05) is 19.6 Å². The molecule has 0 bridgehead atoms. The van der Waals surface area contributed by atoms with E-state index in [1.807, 2.05) is 6.92 Å². The van der Waals surface area contributed by atoms with Gasteiger partial charge in [0.15, 0.2) is 0 Å². The average molecular weight is 367 g/mol. The van der Waals surface area contributed by atoms with E-state index in [9.17, 15) is 8.42 Å². The Balaban J connectivity index is 2.04. The first-order valence-corrected chi connectivity index (χ1v) is 9.53. The molecule has 1 fully saturated rings. The highest BCUT2D eigenvalue weighted by atomic mass is 79.9. The molecule has 0 saturated carbocycles. The molecule has 0 amide bonds. The Morgan fingerprint density at radius 3 is 2.89 bits per heavy atom. The molecular formula is C12H19BrN2O2S2. The molecule has 0 spiro atoms. The number of nitrogens with zero attached hydrogens (tertiary/aromatic N) is 1. The van der Waals surface area contributed by atoms with Crippen molar-refractivity contribution in [1.82, 2.24) is 9.62 Å². The van der Waals surface area contributed by atoms with Crippen molar-refractivity contribution in [2.24, 2.45) is 0 Å². The quantitative estimate of drug-likeness (QED) is 0.870. The van der Waals surface area contributed by atoms with Crippen LogP contribution in [0.1, 0.15) is 24.6 Å². The topological polar surface area (TPSA) is 49.4 Å². The van der Waals surface area contributed by atoms with Crippen molar-refractivity contribution in [3.8, 4) is 0 Å². The van der Waals surface area contributed by atoms with Crippen LogP contribution in [-0.4, -0.2) is 39.0 Å². The Labute approximate surface area is 127 Å². The third-order valence-electron chi connectivity index (χ3n) is 3.55. The van der Waals surface area contributed by atoms with Crippen LogP contribution in [0.15, 0.2) is 14.7 Å². The van der Waals surface area contributed by atoms with Crippen LogP contribution in [0, 0.1) is 6.92 Å². The van der Waals surface area contributed by atoms with Crippen molar-refractivity contribution in [3.05, 3.63) is 14.7 Å². The Morgan fingerprint density at radius 1 is 1.58 bits per heavy atom. The van der Waals surface area contributed by atoms with E-state index in [0.717, 1.165) is 34.6 Å². The van der Waals surface area contributed by atoms with Crippen LogP contribution < -0.4 is 4.72 Å². The number of rotatable bonds is 5. The lowest BCUT2D eigenvalue weighted by atomic mass is 10.2. The number of likely N-dealkylation sites (N-methyl/N-ethyl adjacent to an activating group) is 1. The Kier molecular flexibility index (Phi) is 5.05. The SMILES string of the molecule is CCN1CCCC1CNS(=O)(=O)c1cc(Br)sc1C. The highest BCUT2D eigenvalue weighted by Gasteiger charge is 2.26. The van der Waals surface area contributed by atoms with Gasteiger partial charge in [-0.25, -0.2) is 13.1 Å². The number of likely N-dealkylation sites (tertiary alicyclic amines) is 1. The van der Waals surface area contributed by atoms with Crippen LogP contribution in [-0.2, 0) is 10.0 Å². The van der Waals surface area contributed by atoms with Crippen LogP contribution >= 0.6 is 27.3 Å². The second-order valence-corrected chi connectivity index (χ2v) is 9.12. The van der Waals surface area contributed by atoms with Gasteiger partial charge in [-0.1, -0.05) is 6.92 Å². The summed E-state index contributed by atoms with van der Waals surface area (Å²) in [6.45, 7) is 6.51. The second kappa shape index (κ2) is 6.22. The van der Waals surface area contributed by atoms with Crippen LogP contribution in [0.4, 0.5) is 0 Å². The first-order chi connectivity index (χ1) is 8.94. The van der Waals surface area contributed by atoms with Gasteiger partial charge in [-0.2, -0.15) is 0 Å². The Hall–Kier alpha value is 0.0500. The molecule has 2 heterocycles. The minimum atomic E-state index is -3.39. The van der Waals surface area contributed by atoms with Gasteiger partial charge in [-0.05, 0) is 54.9 Å². The number of thiophene rings is 1. The van der Waals surface area contributed by atoms with Gasteiger partial charge >= 0.3 is 0 Å². The first kappa shape index (κ1) is 15.4. The van der Waals surface area contributed by atoms with Crippen molar-refractivity contribution < 1.29 is 8.42 Å². The third-order valence-corrected chi connectivity index (χ3v) is 6.78. The normalized spacial score (nSPS) is 21.1. The van der Waals surface area contributed by atoms with Gasteiger partial charge in [0, 0.05) is 17.5 Å². The molecule has 4 nitrogen and oxygen atoms in total. The zero-order chi connectivity index (χ0) is 14.0. The van der Waals surface area contributed by atoms with Gasteiger partial charge in [0.2, 0.25) is 10.0 Å². The Bertz CT molecular complexity index is 542. The number of nitrogens with one attached hydrogen (secondary N) is 1. The molecule has 1 aliphatic rings. The molecule has 1 aromatic rings. The highest BCUT2D eigenvalue weighted by molar-refractivity contribution is 9.11. The van der Waals surface area contributed by atoms with Gasteiger partial charge in [-0.3, -0.25) is 4.90 Å². The molecule has 1 atom stereocenters. The molecule has 0 radical (unpaired) electrons. The van der Waals surface area contributed by atoms with E-state index in [1.54, 1.807) is 6.07 Å². The standard InChI is InChI=1S/C12H19BrN2O2S2/c1-3-15-6-4-5-10(15)8-14-19(16,17)11-7-12(13)18-9(11)2/h7,10,14H,3-6,8H2,1-2H3. The van der Waals surface area contributed by atoms with E-state index in [0.29, 0.717) is 17.5 Å².